The molecule has 0 aliphatic carbocycles. The minimum Gasteiger partial charge on any atom is -0.497 e. The van der Waals surface area contributed by atoms with Gasteiger partial charge in [-0.1, -0.05) is 30.3 Å². The first-order chi connectivity index (χ1) is 15.1. The van der Waals surface area contributed by atoms with Crippen LogP contribution in [0.2, 0.25) is 0 Å². The molecule has 5 heteroatoms. The number of rotatable bonds is 8. The molecule has 4 rings (SSSR count). The molecule has 0 amide bonds. The average molecular weight is 417 g/mol. The van der Waals surface area contributed by atoms with Crippen LogP contribution in [0.25, 0.3) is 11.0 Å². The minimum absolute atomic E-state index is 0.428. The Kier molecular flexibility index (Phi) is 6.12. The number of methoxy groups -OCH3 is 1. The smallest absolute Gasteiger partial charge is 0.147 e. The molecule has 0 spiro atoms. The number of nitrogens with zero attached hydrogens (tertiary/aromatic N) is 2. The maximum absolute atomic E-state index is 6.32. The Labute approximate surface area is 183 Å². The molecule has 0 saturated heterocycles. The number of para-hydroxylation sites is 1. The Morgan fingerprint density at radius 1 is 0.935 bits per heavy atom. The van der Waals surface area contributed by atoms with E-state index in [9.17, 15) is 0 Å². The maximum atomic E-state index is 6.32. The van der Waals surface area contributed by atoms with Crippen LogP contribution in [0.5, 0.6) is 17.2 Å². The molecule has 0 aliphatic heterocycles. The van der Waals surface area contributed by atoms with Crippen LogP contribution in [0.15, 0.2) is 60.8 Å². The molecule has 0 saturated carbocycles. The van der Waals surface area contributed by atoms with E-state index < -0.39 is 0 Å². The molecule has 0 fully saturated rings. The molecular weight excluding hydrogens is 388 g/mol. The third-order valence-electron chi connectivity index (χ3n) is 5.59. The number of hydrogen-bond donors (Lipinski definition) is 0. The molecule has 5 nitrogen and oxygen atoms in total. The third kappa shape index (κ3) is 4.22. The fraction of sp³-hybridized carbons (Fsp3) is 0.269. The second-order valence-electron chi connectivity index (χ2n) is 7.48. The largest absolute Gasteiger partial charge is 0.497 e. The van der Waals surface area contributed by atoms with Crippen molar-refractivity contribution in [3.8, 4) is 17.2 Å². The van der Waals surface area contributed by atoms with Crippen molar-refractivity contribution in [2.24, 2.45) is 0 Å². The van der Waals surface area contributed by atoms with E-state index >= 15 is 0 Å². The van der Waals surface area contributed by atoms with Gasteiger partial charge in [-0.3, -0.25) is 4.98 Å². The van der Waals surface area contributed by atoms with Crippen LogP contribution in [0.4, 0.5) is 0 Å². The Morgan fingerprint density at radius 3 is 2.58 bits per heavy atom. The molecule has 0 atom stereocenters. The molecule has 0 N–H and O–H groups in total. The fourth-order valence-corrected chi connectivity index (χ4v) is 3.86. The monoisotopic (exact) mass is 416 g/mol. The van der Waals surface area contributed by atoms with Gasteiger partial charge in [0.25, 0.3) is 0 Å². The van der Waals surface area contributed by atoms with Gasteiger partial charge >= 0.3 is 0 Å². The zero-order valence-corrected chi connectivity index (χ0v) is 18.5. The zero-order chi connectivity index (χ0) is 21.8. The standard InChI is InChI=1S/C26H28N2O3/c1-5-30-23-12-7-6-10-21(23)17-31-24-13-14-27-25-18(2)19(3)28(26(24)25)16-20-9-8-11-22(15-20)29-4/h6-15H,5,16-17H2,1-4H3. The second-order valence-corrected chi connectivity index (χ2v) is 7.48. The number of aryl methyl sites for hydroxylation is 1. The highest BCUT2D eigenvalue weighted by Crippen LogP contribution is 2.33. The Hall–Kier alpha value is -3.47. The van der Waals surface area contributed by atoms with Gasteiger partial charge in [-0.2, -0.15) is 0 Å². The summed E-state index contributed by atoms with van der Waals surface area (Å²) in [5.41, 5.74) is 6.50. The highest BCUT2D eigenvalue weighted by atomic mass is 16.5. The summed E-state index contributed by atoms with van der Waals surface area (Å²) in [6, 6.07) is 18.1. The van der Waals surface area contributed by atoms with E-state index in [1.165, 1.54) is 5.69 Å². The maximum Gasteiger partial charge on any atom is 0.147 e. The van der Waals surface area contributed by atoms with E-state index in [-0.39, 0.29) is 0 Å². The molecule has 160 valence electrons. The summed E-state index contributed by atoms with van der Waals surface area (Å²) in [6.45, 7) is 7.99. The summed E-state index contributed by atoms with van der Waals surface area (Å²) in [4.78, 5) is 4.65. The number of pyridine rings is 1. The van der Waals surface area contributed by atoms with Crippen LogP contribution < -0.4 is 14.2 Å². The van der Waals surface area contributed by atoms with Crippen molar-refractivity contribution in [1.29, 1.82) is 0 Å². The summed E-state index contributed by atoms with van der Waals surface area (Å²) in [5, 5.41) is 0. The van der Waals surface area contributed by atoms with Crippen LogP contribution in [0.1, 0.15) is 29.3 Å². The van der Waals surface area contributed by atoms with E-state index in [0.29, 0.717) is 19.8 Å². The lowest BCUT2D eigenvalue weighted by Gasteiger charge is -2.14. The summed E-state index contributed by atoms with van der Waals surface area (Å²) in [6.07, 6.45) is 1.81. The average Bonchev–Trinajstić information content (AvgIpc) is 3.04. The topological polar surface area (TPSA) is 45.5 Å². The molecule has 2 heterocycles. The predicted molar refractivity (Wildman–Crippen MR) is 123 cm³/mol. The Morgan fingerprint density at radius 2 is 1.77 bits per heavy atom. The van der Waals surface area contributed by atoms with Crippen molar-refractivity contribution in [3.05, 3.63) is 83.2 Å². The lowest BCUT2D eigenvalue weighted by atomic mass is 10.2. The number of benzene rings is 2. The number of aromatic nitrogens is 2. The first-order valence-electron chi connectivity index (χ1n) is 10.5. The van der Waals surface area contributed by atoms with Gasteiger partial charge in [0.1, 0.15) is 29.4 Å². The molecule has 0 aliphatic rings. The van der Waals surface area contributed by atoms with Crippen LogP contribution in [-0.2, 0) is 13.2 Å². The first kappa shape index (κ1) is 20.8. The van der Waals surface area contributed by atoms with E-state index in [4.69, 9.17) is 14.2 Å². The summed E-state index contributed by atoms with van der Waals surface area (Å²) >= 11 is 0. The van der Waals surface area contributed by atoms with Crippen LogP contribution >= 0.6 is 0 Å². The van der Waals surface area contributed by atoms with E-state index in [1.54, 1.807) is 7.11 Å². The zero-order valence-electron chi connectivity index (χ0n) is 18.5. The van der Waals surface area contributed by atoms with Crippen LogP contribution in [0, 0.1) is 13.8 Å². The SMILES string of the molecule is CCOc1ccccc1COc1ccnc2c(C)c(C)n(Cc3cccc(OC)c3)c12. The van der Waals surface area contributed by atoms with Gasteiger partial charge < -0.3 is 18.8 Å². The highest BCUT2D eigenvalue weighted by Gasteiger charge is 2.17. The van der Waals surface area contributed by atoms with Crippen molar-refractivity contribution in [2.45, 2.75) is 33.9 Å². The van der Waals surface area contributed by atoms with Crippen LogP contribution in [-0.4, -0.2) is 23.3 Å². The first-order valence-corrected chi connectivity index (χ1v) is 10.5. The summed E-state index contributed by atoms with van der Waals surface area (Å²) in [5.74, 6) is 2.52. The molecule has 0 unspecified atom stereocenters. The number of hydrogen-bond acceptors (Lipinski definition) is 4. The molecule has 0 radical (unpaired) electrons. The van der Waals surface area contributed by atoms with E-state index in [0.717, 1.165) is 45.0 Å². The molecular formula is C26H28N2O3. The molecule has 31 heavy (non-hydrogen) atoms. The van der Waals surface area contributed by atoms with Crippen molar-refractivity contribution in [2.75, 3.05) is 13.7 Å². The van der Waals surface area contributed by atoms with Crippen LogP contribution in [0.3, 0.4) is 0 Å². The molecule has 0 bridgehead atoms. The van der Waals surface area contributed by atoms with Crippen molar-refractivity contribution < 1.29 is 14.2 Å². The lowest BCUT2D eigenvalue weighted by Crippen LogP contribution is -2.05. The van der Waals surface area contributed by atoms with Gasteiger partial charge in [-0.25, -0.2) is 0 Å². The van der Waals surface area contributed by atoms with Gasteiger partial charge in [0, 0.05) is 30.1 Å². The van der Waals surface area contributed by atoms with E-state index in [2.05, 4.69) is 35.5 Å². The lowest BCUT2D eigenvalue weighted by molar-refractivity contribution is 0.288. The van der Waals surface area contributed by atoms with Gasteiger partial charge in [0.15, 0.2) is 0 Å². The van der Waals surface area contributed by atoms with Gasteiger partial charge in [-0.05, 0) is 50.1 Å². The van der Waals surface area contributed by atoms with Crippen molar-refractivity contribution >= 4 is 11.0 Å². The Balaban J connectivity index is 1.71. The molecule has 2 aromatic heterocycles. The fourth-order valence-electron chi connectivity index (χ4n) is 3.86. The van der Waals surface area contributed by atoms with Crippen molar-refractivity contribution in [1.82, 2.24) is 9.55 Å². The second kappa shape index (κ2) is 9.13. The number of ether oxygens (including phenoxy) is 3. The van der Waals surface area contributed by atoms with Gasteiger partial charge in [0.05, 0.1) is 19.2 Å². The Bertz CT molecular complexity index is 1200. The van der Waals surface area contributed by atoms with Gasteiger partial charge in [0.2, 0.25) is 0 Å². The quantitative estimate of drug-likeness (QED) is 0.370. The third-order valence-corrected chi connectivity index (χ3v) is 5.59. The molecule has 2 aromatic carbocycles. The highest BCUT2D eigenvalue weighted by molar-refractivity contribution is 5.86. The summed E-state index contributed by atoms with van der Waals surface area (Å²) < 4.78 is 19.7. The summed E-state index contributed by atoms with van der Waals surface area (Å²) in [7, 11) is 1.69. The van der Waals surface area contributed by atoms with Gasteiger partial charge in [-0.15, -0.1) is 0 Å². The predicted octanol–water partition coefficient (Wildman–Crippen LogP) is 5.69. The normalized spacial score (nSPS) is 11.0. The van der Waals surface area contributed by atoms with E-state index in [1.807, 2.05) is 55.6 Å². The number of fused-ring (bicyclic) bond motifs is 1. The minimum atomic E-state index is 0.428. The van der Waals surface area contributed by atoms with Crippen molar-refractivity contribution in [3.63, 3.8) is 0 Å². The molecule has 4 aromatic rings.